The number of carbonyl (C=O) groups excluding carboxylic acids is 1. The van der Waals surface area contributed by atoms with Gasteiger partial charge in [0.2, 0.25) is 0 Å². The lowest BCUT2D eigenvalue weighted by molar-refractivity contribution is -0.112. The molecule has 0 atom stereocenters. The Morgan fingerprint density at radius 1 is 1.47 bits per heavy atom. The molecule has 0 N–H and O–H groups in total. The largest absolute Gasteiger partial charge is 0.335 e. The number of anilines is 1. The highest BCUT2D eigenvalue weighted by molar-refractivity contribution is 8.03. The Balaban J connectivity index is 2.41. The van der Waals surface area contributed by atoms with E-state index in [2.05, 4.69) is 24.0 Å². The number of benzene rings is 1. The minimum atomic E-state index is 0.101. The van der Waals surface area contributed by atoms with Gasteiger partial charge in [0.25, 0.3) is 0 Å². The second-order valence-electron chi connectivity index (χ2n) is 3.41. The van der Waals surface area contributed by atoms with Gasteiger partial charge in [0.05, 0.1) is 10.7 Å². The van der Waals surface area contributed by atoms with Crippen LogP contribution in [0.3, 0.4) is 0 Å². The van der Waals surface area contributed by atoms with Crippen LogP contribution in [0.2, 0.25) is 0 Å². The first-order valence-electron chi connectivity index (χ1n) is 4.99. The van der Waals surface area contributed by atoms with Gasteiger partial charge in [-0.05, 0) is 26.0 Å². The molecule has 0 saturated heterocycles. The van der Waals surface area contributed by atoms with Gasteiger partial charge in [-0.2, -0.15) is 0 Å². The first kappa shape index (κ1) is 10.3. The van der Waals surface area contributed by atoms with Gasteiger partial charge in [-0.1, -0.05) is 23.9 Å². The molecule has 1 aromatic carbocycles. The van der Waals surface area contributed by atoms with Crippen LogP contribution >= 0.6 is 11.8 Å². The van der Waals surface area contributed by atoms with Crippen LogP contribution in [0.15, 0.2) is 40.3 Å². The van der Waals surface area contributed by atoms with E-state index in [1.165, 1.54) is 10.6 Å². The average Bonchev–Trinajstić information content (AvgIpc) is 2.53. The zero-order chi connectivity index (χ0) is 10.8. The van der Waals surface area contributed by atoms with Gasteiger partial charge < -0.3 is 4.90 Å². The number of nitrogens with zero attached hydrogens (tertiary/aromatic N) is 1. The van der Waals surface area contributed by atoms with E-state index in [4.69, 9.17) is 0 Å². The third-order valence-electron chi connectivity index (χ3n) is 2.28. The molecule has 1 aromatic rings. The Kier molecular flexibility index (Phi) is 2.82. The Morgan fingerprint density at radius 3 is 2.87 bits per heavy atom. The number of carbonyl (C=O) groups is 1. The van der Waals surface area contributed by atoms with E-state index >= 15 is 0 Å². The molecule has 0 bridgehead atoms. The summed E-state index contributed by atoms with van der Waals surface area (Å²) in [6.45, 7) is 4.57. The highest BCUT2D eigenvalue weighted by atomic mass is 32.2. The van der Waals surface area contributed by atoms with Gasteiger partial charge in [0, 0.05) is 17.5 Å². The van der Waals surface area contributed by atoms with Crippen molar-refractivity contribution >= 4 is 23.2 Å². The number of ketones is 1. The standard InChI is InChI=1S/C12H13NOS/c1-3-13-10-6-4-5-7-11(10)15-12(13)8-9(2)14/h4-8H,3H2,1-2H3/b12-8+. The lowest BCUT2D eigenvalue weighted by Crippen LogP contribution is -2.16. The van der Waals surface area contributed by atoms with E-state index in [1.807, 2.05) is 12.1 Å². The average molecular weight is 219 g/mol. The predicted octanol–water partition coefficient (Wildman–Crippen LogP) is 3.05. The van der Waals surface area contributed by atoms with Crippen molar-refractivity contribution in [3.63, 3.8) is 0 Å². The van der Waals surface area contributed by atoms with Crippen molar-refractivity contribution in [1.29, 1.82) is 0 Å². The van der Waals surface area contributed by atoms with Crippen LogP contribution in [0.5, 0.6) is 0 Å². The molecule has 1 heterocycles. The van der Waals surface area contributed by atoms with Gasteiger partial charge in [-0.3, -0.25) is 4.79 Å². The van der Waals surface area contributed by atoms with Crippen LogP contribution < -0.4 is 4.90 Å². The molecule has 0 saturated carbocycles. The van der Waals surface area contributed by atoms with E-state index in [0.29, 0.717) is 0 Å². The summed E-state index contributed by atoms with van der Waals surface area (Å²) >= 11 is 1.66. The smallest absolute Gasteiger partial charge is 0.155 e. The number of hydrogen-bond acceptors (Lipinski definition) is 3. The fourth-order valence-electron chi connectivity index (χ4n) is 1.66. The summed E-state index contributed by atoms with van der Waals surface area (Å²) in [4.78, 5) is 14.5. The van der Waals surface area contributed by atoms with Gasteiger partial charge in [0.15, 0.2) is 5.78 Å². The quantitative estimate of drug-likeness (QED) is 0.713. The molecule has 78 valence electrons. The van der Waals surface area contributed by atoms with Gasteiger partial charge in [0.1, 0.15) is 0 Å². The molecule has 0 unspecified atom stereocenters. The molecule has 3 heteroatoms. The van der Waals surface area contributed by atoms with Crippen molar-refractivity contribution in [1.82, 2.24) is 0 Å². The Bertz CT molecular complexity index is 425. The first-order valence-corrected chi connectivity index (χ1v) is 5.80. The van der Waals surface area contributed by atoms with Gasteiger partial charge in [-0.15, -0.1) is 0 Å². The molecule has 1 aliphatic rings. The van der Waals surface area contributed by atoms with Crippen LogP contribution in [0.25, 0.3) is 0 Å². The van der Waals surface area contributed by atoms with E-state index < -0.39 is 0 Å². The summed E-state index contributed by atoms with van der Waals surface area (Å²) in [5.41, 5.74) is 1.21. The van der Waals surface area contributed by atoms with Gasteiger partial charge >= 0.3 is 0 Å². The minimum absolute atomic E-state index is 0.101. The van der Waals surface area contributed by atoms with E-state index in [-0.39, 0.29) is 5.78 Å². The van der Waals surface area contributed by atoms with Crippen molar-refractivity contribution in [2.75, 3.05) is 11.4 Å². The summed E-state index contributed by atoms with van der Waals surface area (Å²) < 4.78 is 0. The molecule has 2 rings (SSSR count). The van der Waals surface area contributed by atoms with E-state index in [9.17, 15) is 4.79 Å². The molecule has 15 heavy (non-hydrogen) atoms. The van der Waals surface area contributed by atoms with Crippen molar-refractivity contribution in [3.8, 4) is 0 Å². The topological polar surface area (TPSA) is 20.3 Å². The summed E-state index contributed by atoms with van der Waals surface area (Å²) in [7, 11) is 0. The van der Waals surface area contributed by atoms with E-state index in [0.717, 1.165) is 11.6 Å². The summed E-state index contributed by atoms with van der Waals surface area (Å²) in [6, 6.07) is 8.23. The zero-order valence-electron chi connectivity index (χ0n) is 8.86. The lowest BCUT2D eigenvalue weighted by atomic mass is 10.3. The second-order valence-corrected chi connectivity index (χ2v) is 4.47. The third-order valence-corrected chi connectivity index (χ3v) is 3.39. The number of thioether (sulfide) groups is 1. The molecular weight excluding hydrogens is 206 g/mol. The van der Waals surface area contributed by atoms with Crippen molar-refractivity contribution in [2.24, 2.45) is 0 Å². The molecule has 2 nitrogen and oxygen atoms in total. The van der Waals surface area contributed by atoms with Crippen LogP contribution in [0.4, 0.5) is 5.69 Å². The number of allylic oxidation sites excluding steroid dienone is 1. The summed E-state index contributed by atoms with van der Waals surface area (Å²) in [5, 5.41) is 1.03. The monoisotopic (exact) mass is 219 g/mol. The molecule has 0 radical (unpaired) electrons. The number of fused-ring (bicyclic) bond motifs is 1. The Labute approximate surface area is 94.0 Å². The van der Waals surface area contributed by atoms with Crippen molar-refractivity contribution in [2.45, 2.75) is 18.7 Å². The SMILES string of the molecule is CCN1/C(=C\C(C)=O)Sc2ccccc21. The van der Waals surface area contributed by atoms with Crippen molar-refractivity contribution < 1.29 is 4.79 Å². The fourth-order valence-corrected chi connectivity index (χ4v) is 2.88. The van der Waals surface area contributed by atoms with Crippen molar-refractivity contribution in [3.05, 3.63) is 35.4 Å². The second kappa shape index (κ2) is 4.11. The highest BCUT2D eigenvalue weighted by Gasteiger charge is 2.23. The van der Waals surface area contributed by atoms with Crippen LogP contribution in [0.1, 0.15) is 13.8 Å². The number of rotatable bonds is 2. The Morgan fingerprint density at radius 2 is 2.20 bits per heavy atom. The van der Waals surface area contributed by atoms with Gasteiger partial charge in [-0.25, -0.2) is 0 Å². The molecule has 0 aromatic heterocycles. The summed E-state index contributed by atoms with van der Waals surface area (Å²) in [6.07, 6.45) is 1.70. The van der Waals surface area contributed by atoms with Crippen LogP contribution in [-0.2, 0) is 4.79 Å². The first-order chi connectivity index (χ1) is 7.22. The molecule has 0 spiro atoms. The molecule has 0 fully saturated rings. The number of para-hydroxylation sites is 1. The lowest BCUT2D eigenvalue weighted by Gasteiger charge is -2.17. The number of hydrogen-bond donors (Lipinski definition) is 0. The maximum absolute atomic E-state index is 11.1. The zero-order valence-corrected chi connectivity index (χ0v) is 9.67. The molecule has 0 aliphatic carbocycles. The highest BCUT2D eigenvalue weighted by Crippen LogP contribution is 2.45. The normalized spacial score (nSPS) is 16.9. The Hall–Kier alpha value is -1.22. The maximum atomic E-state index is 11.1. The summed E-state index contributed by atoms with van der Waals surface area (Å²) in [5.74, 6) is 0.101. The predicted molar refractivity (Wildman–Crippen MR) is 64.1 cm³/mol. The fraction of sp³-hybridized carbons (Fsp3) is 0.250. The maximum Gasteiger partial charge on any atom is 0.155 e. The molecule has 0 amide bonds. The minimum Gasteiger partial charge on any atom is -0.335 e. The van der Waals surface area contributed by atoms with Crippen LogP contribution in [0, 0.1) is 0 Å². The van der Waals surface area contributed by atoms with Crippen LogP contribution in [-0.4, -0.2) is 12.3 Å². The third kappa shape index (κ3) is 1.92. The van der Waals surface area contributed by atoms with E-state index in [1.54, 1.807) is 24.8 Å². The molecular formula is C12H13NOS. The molecule has 1 aliphatic heterocycles.